The zero-order chi connectivity index (χ0) is 12.8. The number of hydrogen-bond acceptors (Lipinski definition) is 3. The van der Waals surface area contributed by atoms with Crippen molar-refractivity contribution in [2.75, 3.05) is 20.1 Å². The van der Waals surface area contributed by atoms with Crippen LogP contribution in [-0.4, -0.2) is 48.2 Å². The van der Waals surface area contributed by atoms with E-state index in [1.807, 2.05) is 6.08 Å². The second-order valence-electron chi connectivity index (χ2n) is 4.89. The molecule has 0 aromatic carbocycles. The number of aliphatic carboxylic acids is 1. The van der Waals surface area contributed by atoms with Crippen molar-refractivity contribution in [3.63, 3.8) is 0 Å². The number of carboxylic acid groups (broad SMARTS) is 1. The van der Waals surface area contributed by atoms with Crippen LogP contribution in [0.3, 0.4) is 0 Å². The maximum Gasteiger partial charge on any atom is 0.304 e. The zero-order valence-corrected chi connectivity index (χ0v) is 10.9. The molecule has 0 aromatic rings. The average molecular weight is 240 g/mol. The van der Waals surface area contributed by atoms with Crippen molar-refractivity contribution in [2.24, 2.45) is 5.92 Å². The van der Waals surface area contributed by atoms with E-state index in [9.17, 15) is 4.79 Å². The quantitative estimate of drug-likeness (QED) is 0.659. The number of carboxylic acids is 1. The predicted octanol–water partition coefficient (Wildman–Crippen LogP) is 1.34. The molecule has 98 valence electrons. The Labute approximate surface area is 104 Å². The second-order valence-corrected chi connectivity index (χ2v) is 4.89. The van der Waals surface area contributed by atoms with Crippen molar-refractivity contribution < 1.29 is 9.90 Å². The minimum absolute atomic E-state index is 0.104. The Bertz CT molecular complexity index is 268. The Hall–Kier alpha value is -0.870. The van der Waals surface area contributed by atoms with Gasteiger partial charge in [0.25, 0.3) is 0 Å². The molecular formula is C13H24N2O2. The fourth-order valence-corrected chi connectivity index (χ4v) is 2.42. The summed E-state index contributed by atoms with van der Waals surface area (Å²) in [7, 11) is 2.10. The van der Waals surface area contributed by atoms with E-state index in [0.29, 0.717) is 12.0 Å². The topological polar surface area (TPSA) is 52.6 Å². The highest BCUT2D eigenvalue weighted by Crippen LogP contribution is 2.25. The van der Waals surface area contributed by atoms with Crippen molar-refractivity contribution in [1.29, 1.82) is 0 Å². The lowest BCUT2D eigenvalue weighted by Crippen LogP contribution is -2.35. The van der Waals surface area contributed by atoms with E-state index in [2.05, 4.69) is 30.8 Å². The molecular weight excluding hydrogens is 216 g/mol. The van der Waals surface area contributed by atoms with Gasteiger partial charge in [-0.2, -0.15) is 0 Å². The second kappa shape index (κ2) is 6.77. The van der Waals surface area contributed by atoms with Crippen LogP contribution in [0.5, 0.6) is 0 Å². The molecule has 3 atom stereocenters. The van der Waals surface area contributed by atoms with Crippen molar-refractivity contribution in [3.8, 4) is 0 Å². The Morgan fingerprint density at radius 1 is 1.65 bits per heavy atom. The molecule has 0 aromatic heterocycles. The number of rotatable bonds is 7. The van der Waals surface area contributed by atoms with E-state index < -0.39 is 5.97 Å². The monoisotopic (exact) mass is 240 g/mol. The summed E-state index contributed by atoms with van der Waals surface area (Å²) in [6, 6.07) is 0.485. The smallest absolute Gasteiger partial charge is 0.304 e. The molecule has 0 amide bonds. The fourth-order valence-electron chi connectivity index (χ4n) is 2.42. The Morgan fingerprint density at radius 2 is 2.35 bits per heavy atom. The van der Waals surface area contributed by atoms with Crippen LogP contribution in [-0.2, 0) is 4.79 Å². The van der Waals surface area contributed by atoms with E-state index in [-0.39, 0.29) is 12.5 Å². The lowest BCUT2D eigenvalue weighted by atomic mass is 9.96. The van der Waals surface area contributed by atoms with E-state index >= 15 is 0 Å². The highest BCUT2D eigenvalue weighted by Gasteiger charge is 2.32. The minimum Gasteiger partial charge on any atom is -0.481 e. The Balaban J connectivity index is 2.42. The van der Waals surface area contributed by atoms with E-state index in [0.717, 1.165) is 25.9 Å². The van der Waals surface area contributed by atoms with Gasteiger partial charge >= 0.3 is 5.97 Å². The predicted molar refractivity (Wildman–Crippen MR) is 69.1 cm³/mol. The van der Waals surface area contributed by atoms with Crippen molar-refractivity contribution in [1.82, 2.24) is 10.2 Å². The standard InChI is InChI=1S/C13H24N2O2/c1-4-10-8-11(9-13(16)17)14-12(10)6-7-15(3)5-2/h4,10-12,14H,1,5-9H2,2-3H3,(H,16,17). The van der Waals surface area contributed by atoms with Crippen LogP contribution >= 0.6 is 0 Å². The summed E-state index contributed by atoms with van der Waals surface area (Å²) in [5, 5.41) is 12.2. The zero-order valence-electron chi connectivity index (χ0n) is 10.9. The molecule has 0 saturated carbocycles. The number of nitrogens with zero attached hydrogens (tertiary/aromatic N) is 1. The molecule has 1 aliphatic heterocycles. The van der Waals surface area contributed by atoms with E-state index in [1.165, 1.54) is 0 Å². The molecule has 17 heavy (non-hydrogen) atoms. The normalized spacial score (nSPS) is 28.5. The summed E-state index contributed by atoms with van der Waals surface area (Å²) in [4.78, 5) is 13.0. The molecule has 4 nitrogen and oxygen atoms in total. The van der Waals surface area contributed by atoms with Gasteiger partial charge in [0.05, 0.1) is 6.42 Å². The maximum absolute atomic E-state index is 10.7. The van der Waals surface area contributed by atoms with Gasteiger partial charge in [0, 0.05) is 12.1 Å². The molecule has 1 fully saturated rings. The first-order chi connectivity index (χ1) is 8.06. The first-order valence-electron chi connectivity index (χ1n) is 6.35. The fraction of sp³-hybridized carbons (Fsp3) is 0.769. The van der Waals surface area contributed by atoms with Crippen LogP contribution in [0.15, 0.2) is 12.7 Å². The van der Waals surface area contributed by atoms with Gasteiger partial charge in [-0.1, -0.05) is 13.0 Å². The summed E-state index contributed by atoms with van der Waals surface area (Å²) < 4.78 is 0. The van der Waals surface area contributed by atoms with Gasteiger partial charge < -0.3 is 15.3 Å². The van der Waals surface area contributed by atoms with Crippen LogP contribution in [0, 0.1) is 5.92 Å². The first-order valence-corrected chi connectivity index (χ1v) is 6.35. The molecule has 3 unspecified atom stereocenters. The molecule has 0 spiro atoms. The van der Waals surface area contributed by atoms with Gasteiger partial charge in [0.15, 0.2) is 0 Å². The van der Waals surface area contributed by atoms with Crippen LogP contribution < -0.4 is 5.32 Å². The third kappa shape index (κ3) is 4.48. The van der Waals surface area contributed by atoms with E-state index in [1.54, 1.807) is 0 Å². The van der Waals surface area contributed by atoms with Gasteiger partial charge in [0.2, 0.25) is 0 Å². The maximum atomic E-state index is 10.7. The van der Waals surface area contributed by atoms with Crippen LogP contribution in [0.2, 0.25) is 0 Å². The van der Waals surface area contributed by atoms with Crippen LogP contribution in [0.1, 0.15) is 26.2 Å². The number of carbonyl (C=O) groups is 1. The van der Waals surface area contributed by atoms with Crippen LogP contribution in [0.4, 0.5) is 0 Å². The van der Waals surface area contributed by atoms with Crippen molar-refractivity contribution in [3.05, 3.63) is 12.7 Å². The Morgan fingerprint density at radius 3 is 2.88 bits per heavy atom. The average Bonchev–Trinajstić information content (AvgIpc) is 2.67. The molecule has 0 radical (unpaired) electrons. The molecule has 1 aliphatic rings. The summed E-state index contributed by atoms with van der Waals surface area (Å²) >= 11 is 0. The molecule has 1 heterocycles. The molecule has 1 rings (SSSR count). The van der Waals surface area contributed by atoms with Gasteiger partial charge in [-0.3, -0.25) is 4.79 Å². The molecule has 1 saturated heterocycles. The van der Waals surface area contributed by atoms with Gasteiger partial charge in [-0.15, -0.1) is 6.58 Å². The SMILES string of the molecule is C=CC1CC(CC(=O)O)NC1CCN(C)CC. The molecule has 2 N–H and O–H groups in total. The first kappa shape index (κ1) is 14.2. The molecule has 0 aliphatic carbocycles. The summed E-state index contributed by atoms with van der Waals surface area (Å²) in [5.41, 5.74) is 0. The summed E-state index contributed by atoms with van der Waals surface area (Å²) in [5.74, 6) is -0.318. The largest absolute Gasteiger partial charge is 0.481 e. The van der Waals surface area contributed by atoms with Crippen molar-refractivity contribution >= 4 is 5.97 Å². The highest BCUT2D eigenvalue weighted by molar-refractivity contribution is 5.67. The molecule has 4 heteroatoms. The summed E-state index contributed by atoms with van der Waals surface area (Å²) in [6.45, 7) is 8.08. The Kier molecular flexibility index (Phi) is 5.65. The molecule has 0 bridgehead atoms. The van der Waals surface area contributed by atoms with E-state index in [4.69, 9.17) is 5.11 Å². The van der Waals surface area contributed by atoms with Crippen LogP contribution in [0.25, 0.3) is 0 Å². The van der Waals surface area contributed by atoms with Gasteiger partial charge in [-0.05, 0) is 38.9 Å². The third-order valence-electron chi connectivity index (χ3n) is 3.61. The third-order valence-corrected chi connectivity index (χ3v) is 3.61. The lowest BCUT2D eigenvalue weighted by Gasteiger charge is -2.20. The lowest BCUT2D eigenvalue weighted by molar-refractivity contribution is -0.137. The number of hydrogen-bond donors (Lipinski definition) is 2. The van der Waals surface area contributed by atoms with Gasteiger partial charge in [0.1, 0.15) is 0 Å². The summed E-state index contributed by atoms with van der Waals surface area (Å²) in [6.07, 6.45) is 4.13. The van der Waals surface area contributed by atoms with Gasteiger partial charge in [-0.25, -0.2) is 0 Å². The highest BCUT2D eigenvalue weighted by atomic mass is 16.4. The van der Waals surface area contributed by atoms with Crippen molar-refractivity contribution in [2.45, 2.75) is 38.3 Å². The minimum atomic E-state index is -0.725. The number of nitrogens with one attached hydrogen (secondary N) is 1.